The minimum Gasteiger partial charge on any atom is -0.368 e. The number of amides is 1. The number of aryl methyl sites for hydroxylation is 2. The summed E-state index contributed by atoms with van der Waals surface area (Å²) >= 11 is 0. The summed E-state index contributed by atoms with van der Waals surface area (Å²) in [5.41, 5.74) is -0.0562. The van der Waals surface area contributed by atoms with Gasteiger partial charge in [-0.05, 0) is 37.8 Å². The summed E-state index contributed by atoms with van der Waals surface area (Å²) in [5.74, 6) is -1.03. The molecule has 9 heteroatoms. The van der Waals surface area contributed by atoms with E-state index in [1.54, 1.807) is 13.8 Å². The number of hydrogen-bond donors (Lipinski definition) is 2. The normalized spacial score (nSPS) is 13.2. The van der Waals surface area contributed by atoms with E-state index in [1.807, 2.05) is 32.0 Å². The molecule has 0 fully saturated rings. The van der Waals surface area contributed by atoms with E-state index in [-0.39, 0.29) is 6.79 Å². The minimum absolute atomic E-state index is 0.329. The number of aliphatic hydroxyl groups is 1. The van der Waals surface area contributed by atoms with E-state index in [9.17, 15) is 18.3 Å². The van der Waals surface area contributed by atoms with Gasteiger partial charge in [-0.15, -0.1) is 0 Å². The molecular weight excluding hydrogens is 360 g/mol. The van der Waals surface area contributed by atoms with Gasteiger partial charge in [-0.25, -0.2) is 8.42 Å². The number of hydrogen-bond acceptors (Lipinski definition) is 6. The van der Waals surface area contributed by atoms with E-state index in [2.05, 4.69) is 5.32 Å². The Labute approximate surface area is 155 Å². The van der Waals surface area contributed by atoms with Gasteiger partial charge in [0.1, 0.15) is 0 Å². The van der Waals surface area contributed by atoms with Gasteiger partial charge in [0.25, 0.3) is 21.4 Å². The zero-order chi connectivity index (χ0) is 19.9. The van der Waals surface area contributed by atoms with Crippen molar-refractivity contribution in [3.05, 3.63) is 29.3 Å². The fraction of sp³-hybridized carbons (Fsp3) is 0.588. The number of carbonyl (C=O) groups excluding carboxylic acids is 1. The van der Waals surface area contributed by atoms with Gasteiger partial charge in [-0.2, -0.15) is 0 Å². The number of nitrogens with one attached hydrogen (secondary N) is 1. The maximum absolute atomic E-state index is 12.6. The number of sulfonamides is 1. The third kappa shape index (κ3) is 5.24. The van der Waals surface area contributed by atoms with E-state index in [4.69, 9.17) is 9.57 Å². The summed E-state index contributed by atoms with van der Waals surface area (Å²) in [7, 11) is -3.12. The standard InChI is InChI=1S/C17H28N2O6S/c1-6-13-9-8-10-14(7-2)15(13)18-16(20)17(21)26(22,23)19(12(3)4)25-11-24-5/h8-10,12,17,21H,6-7,11H2,1-5H3,(H,18,20). The highest BCUT2D eigenvalue weighted by atomic mass is 32.2. The number of anilines is 1. The van der Waals surface area contributed by atoms with Gasteiger partial charge >= 0.3 is 0 Å². The van der Waals surface area contributed by atoms with Crippen molar-refractivity contribution < 1.29 is 27.9 Å². The number of para-hydroxylation sites is 1. The number of rotatable bonds is 10. The Balaban J connectivity index is 3.10. The molecule has 0 aromatic heterocycles. The van der Waals surface area contributed by atoms with Crippen molar-refractivity contribution in [2.75, 3.05) is 19.2 Å². The third-order valence-corrected chi connectivity index (χ3v) is 5.53. The maximum Gasteiger partial charge on any atom is 0.272 e. The van der Waals surface area contributed by atoms with Crippen LogP contribution in [0, 0.1) is 0 Å². The molecule has 26 heavy (non-hydrogen) atoms. The summed E-state index contributed by atoms with van der Waals surface area (Å²) in [5, 5.41) is 12.7. The third-order valence-electron chi connectivity index (χ3n) is 3.72. The predicted octanol–water partition coefficient (Wildman–Crippen LogP) is 1.64. The van der Waals surface area contributed by atoms with E-state index in [1.165, 1.54) is 7.11 Å². The van der Waals surface area contributed by atoms with Crippen LogP contribution in [0.4, 0.5) is 5.69 Å². The number of aliphatic hydroxyl groups excluding tert-OH is 1. The molecule has 2 N–H and O–H groups in total. The summed E-state index contributed by atoms with van der Waals surface area (Å²) in [6.45, 7) is 6.64. The summed E-state index contributed by atoms with van der Waals surface area (Å²) < 4.78 is 30.4. The molecule has 1 rings (SSSR count). The first-order chi connectivity index (χ1) is 12.2. The zero-order valence-electron chi connectivity index (χ0n) is 15.9. The molecule has 1 unspecified atom stereocenters. The fourth-order valence-electron chi connectivity index (χ4n) is 2.44. The smallest absolute Gasteiger partial charge is 0.272 e. The molecule has 0 bridgehead atoms. The lowest BCUT2D eigenvalue weighted by molar-refractivity contribution is -0.178. The molecule has 0 heterocycles. The Morgan fingerprint density at radius 3 is 2.19 bits per heavy atom. The second-order valence-electron chi connectivity index (χ2n) is 5.93. The molecule has 0 radical (unpaired) electrons. The summed E-state index contributed by atoms with van der Waals surface area (Å²) in [4.78, 5) is 17.5. The monoisotopic (exact) mass is 388 g/mol. The van der Waals surface area contributed by atoms with Crippen molar-refractivity contribution in [3.63, 3.8) is 0 Å². The molecule has 1 atom stereocenters. The largest absolute Gasteiger partial charge is 0.368 e. The van der Waals surface area contributed by atoms with Crippen LogP contribution in [0.5, 0.6) is 0 Å². The fourth-order valence-corrected chi connectivity index (χ4v) is 3.75. The van der Waals surface area contributed by atoms with Crippen LogP contribution in [0.2, 0.25) is 0 Å². The molecule has 0 spiro atoms. The molecule has 148 valence electrons. The van der Waals surface area contributed by atoms with E-state index in [0.29, 0.717) is 23.0 Å². The molecule has 0 aliphatic rings. The topological polar surface area (TPSA) is 105 Å². The van der Waals surface area contributed by atoms with Crippen LogP contribution < -0.4 is 5.32 Å². The van der Waals surface area contributed by atoms with E-state index in [0.717, 1.165) is 11.1 Å². The number of ether oxygens (including phenoxy) is 1. The SMILES string of the molecule is CCc1cccc(CC)c1NC(=O)C(O)S(=O)(=O)N(OCOC)C(C)C. The van der Waals surface area contributed by atoms with Crippen molar-refractivity contribution in [1.82, 2.24) is 4.47 Å². The quantitative estimate of drug-likeness (QED) is 0.466. The van der Waals surface area contributed by atoms with Gasteiger partial charge in [0.15, 0.2) is 6.79 Å². The summed E-state index contributed by atoms with van der Waals surface area (Å²) in [6, 6.07) is 4.93. The zero-order valence-corrected chi connectivity index (χ0v) is 16.7. The lowest BCUT2D eigenvalue weighted by atomic mass is 10.0. The molecule has 0 saturated heterocycles. The van der Waals surface area contributed by atoms with Gasteiger partial charge in [0.05, 0.1) is 0 Å². The van der Waals surface area contributed by atoms with Crippen molar-refractivity contribution in [3.8, 4) is 0 Å². The van der Waals surface area contributed by atoms with Gasteiger partial charge in [-0.1, -0.05) is 36.5 Å². The maximum atomic E-state index is 12.6. The first-order valence-electron chi connectivity index (χ1n) is 8.45. The number of methoxy groups -OCH3 is 1. The highest BCUT2D eigenvalue weighted by molar-refractivity contribution is 7.90. The molecule has 0 saturated carbocycles. The first-order valence-corrected chi connectivity index (χ1v) is 9.95. The van der Waals surface area contributed by atoms with Gasteiger partial charge in [0.2, 0.25) is 0 Å². The van der Waals surface area contributed by atoms with Crippen LogP contribution in [-0.4, -0.2) is 49.3 Å². The van der Waals surface area contributed by atoms with Gasteiger partial charge in [-0.3, -0.25) is 9.63 Å². The average Bonchev–Trinajstić information content (AvgIpc) is 2.60. The number of benzene rings is 1. The Morgan fingerprint density at radius 1 is 1.23 bits per heavy atom. The highest BCUT2D eigenvalue weighted by Gasteiger charge is 2.39. The first kappa shape index (κ1) is 22.5. The van der Waals surface area contributed by atoms with Crippen LogP contribution in [0.15, 0.2) is 18.2 Å². The van der Waals surface area contributed by atoms with Crippen molar-refractivity contribution in [2.45, 2.75) is 52.0 Å². The average molecular weight is 388 g/mol. The Hall–Kier alpha value is -1.52. The molecule has 1 aromatic rings. The molecule has 1 amide bonds. The predicted molar refractivity (Wildman–Crippen MR) is 98.7 cm³/mol. The molecule has 0 aliphatic carbocycles. The Morgan fingerprint density at radius 2 is 1.77 bits per heavy atom. The van der Waals surface area contributed by atoms with Crippen molar-refractivity contribution in [2.24, 2.45) is 0 Å². The van der Waals surface area contributed by atoms with Crippen LogP contribution >= 0.6 is 0 Å². The number of hydroxylamine groups is 1. The second-order valence-corrected chi connectivity index (χ2v) is 7.77. The van der Waals surface area contributed by atoms with Gasteiger partial charge in [0, 0.05) is 18.8 Å². The molecular formula is C17H28N2O6S. The minimum atomic E-state index is -4.46. The van der Waals surface area contributed by atoms with Crippen molar-refractivity contribution in [1.29, 1.82) is 0 Å². The number of carbonyl (C=O) groups is 1. The van der Waals surface area contributed by atoms with Gasteiger partial charge < -0.3 is 15.2 Å². The van der Waals surface area contributed by atoms with Crippen LogP contribution in [0.25, 0.3) is 0 Å². The lowest BCUT2D eigenvalue weighted by Crippen LogP contribution is -2.47. The van der Waals surface area contributed by atoms with Crippen LogP contribution in [0.1, 0.15) is 38.8 Å². The Bertz CT molecular complexity index is 683. The van der Waals surface area contributed by atoms with Crippen LogP contribution in [0.3, 0.4) is 0 Å². The molecule has 1 aromatic carbocycles. The second kappa shape index (κ2) is 9.98. The van der Waals surface area contributed by atoms with E-state index >= 15 is 0 Å². The Kier molecular flexibility index (Phi) is 8.65. The van der Waals surface area contributed by atoms with Crippen LogP contribution in [-0.2, 0) is 37.2 Å². The van der Waals surface area contributed by atoms with Crippen molar-refractivity contribution >= 4 is 21.6 Å². The highest BCUT2D eigenvalue weighted by Crippen LogP contribution is 2.23. The van der Waals surface area contributed by atoms with E-state index < -0.39 is 27.4 Å². The molecule has 0 aliphatic heterocycles. The molecule has 8 nitrogen and oxygen atoms in total. The summed E-state index contributed by atoms with van der Waals surface area (Å²) in [6.07, 6.45) is 1.31. The number of nitrogens with zero attached hydrogens (tertiary/aromatic N) is 1. The lowest BCUT2D eigenvalue weighted by Gasteiger charge is -2.26.